The minimum absolute atomic E-state index is 0.218. The molecule has 0 aliphatic rings. The second-order valence-electron chi connectivity index (χ2n) is 5.88. The van der Waals surface area contributed by atoms with Crippen molar-refractivity contribution in [3.63, 3.8) is 0 Å². The van der Waals surface area contributed by atoms with Crippen molar-refractivity contribution < 1.29 is 4.74 Å². The van der Waals surface area contributed by atoms with Gasteiger partial charge in [-0.2, -0.15) is 0 Å². The molecule has 0 fully saturated rings. The third-order valence-electron chi connectivity index (χ3n) is 2.81. The van der Waals surface area contributed by atoms with Crippen molar-refractivity contribution in [1.82, 2.24) is 4.98 Å². The number of para-hydroxylation sites is 1. The molecule has 100 valence electrons. The molecule has 0 N–H and O–H groups in total. The zero-order valence-corrected chi connectivity index (χ0v) is 12.3. The monoisotopic (exact) mass is 255 g/mol. The van der Waals surface area contributed by atoms with Gasteiger partial charge in [0.15, 0.2) is 0 Å². The maximum Gasteiger partial charge on any atom is 0.132 e. The Balaban J connectivity index is 2.54. The molecule has 2 heteroatoms. The zero-order chi connectivity index (χ0) is 14.0. The quantitative estimate of drug-likeness (QED) is 0.785. The largest absolute Gasteiger partial charge is 0.487 e. The normalized spacial score (nSPS) is 11.4. The Morgan fingerprint density at radius 1 is 1.05 bits per heavy atom. The summed E-state index contributed by atoms with van der Waals surface area (Å²) in [6.07, 6.45) is 1.84. The van der Waals surface area contributed by atoms with Crippen molar-refractivity contribution >= 4 is 0 Å². The van der Waals surface area contributed by atoms with Crippen LogP contribution in [0.1, 0.15) is 31.9 Å². The predicted molar refractivity (Wildman–Crippen MR) is 79.5 cm³/mol. The van der Waals surface area contributed by atoms with E-state index in [-0.39, 0.29) is 5.60 Å². The Kier molecular flexibility index (Phi) is 3.61. The SMILES string of the molecule is Cc1ccnc(-c2cccc(C)c2OC(C)(C)C)c1. The molecule has 0 atom stereocenters. The summed E-state index contributed by atoms with van der Waals surface area (Å²) < 4.78 is 6.12. The highest BCUT2D eigenvalue weighted by Gasteiger charge is 2.17. The van der Waals surface area contributed by atoms with E-state index in [2.05, 4.69) is 57.8 Å². The first-order valence-corrected chi connectivity index (χ1v) is 6.58. The van der Waals surface area contributed by atoms with Gasteiger partial charge < -0.3 is 4.74 Å². The number of rotatable bonds is 2. The van der Waals surface area contributed by atoms with Gasteiger partial charge in [-0.05, 0) is 63.9 Å². The van der Waals surface area contributed by atoms with E-state index in [0.717, 1.165) is 22.6 Å². The predicted octanol–water partition coefficient (Wildman–Crippen LogP) is 4.54. The molecular weight excluding hydrogens is 234 g/mol. The van der Waals surface area contributed by atoms with Gasteiger partial charge in [-0.15, -0.1) is 0 Å². The first-order chi connectivity index (χ1) is 8.87. The molecule has 2 aromatic rings. The number of pyridine rings is 1. The van der Waals surface area contributed by atoms with E-state index in [0.29, 0.717) is 0 Å². The summed E-state index contributed by atoms with van der Waals surface area (Å²) in [6.45, 7) is 10.3. The van der Waals surface area contributed by atoms with Crippen LogP contribution in [0.2, 0.25) is 0 Å². The topological polar surface area (TPSA) is 22.1 Å². The minimum Gasteiger partial charge on any atom is -0.487 e. The van der Waals surface area contributed by atoms with Gasteiger partial charge in [0, 0.05) is 11.8 Å². The average molecular weight is 255 g/mol. The van der Waals surface area contributed by atoms with Crippen LogP contribution in [0.25, 0.3) is 11.3 Å². The van der Waals surface area contributed by atoms with Crippen molar-refractivity contribution in [3.8, 4) is 17.0 Å². The maximum atomic E-state index is 6.12. The summed E-state index contributed by atoms with van der Waals surface area (Å²) in [4.78, 5) is 4.46. The van der Waals surface area contributed by atoms with E-state index in [1.54, 1.807) is 0 Å². The van der Waals surface area contributed by atoms with Crippen LogP contribution >= 0.6 is 0 Å². The number of benzene rings is 1. The minimum atomic E-state index is -0.218. The van der Waals surface area contributed by atoms with Crippen molar-refractivity contribution in [2.24, 2.45) is 0 Å². The Labute approximate surface area is 115 Å². The molecule has 19 heavy (non-hydrogen) atoms. The first-order valence-electron chi connectivity index (χ1n) is 6.58. The molecule has 0 spiro atoms. The van der Waals surface area contributed by atoms with Crippen LogP contribution in [0.15, 0.2) is 36.5 Å². The Hall–Kier alpha value is -1.83. The Morgan fingerprint density at radius 3 is 2.42 bits per heavy atom. The number of hydrogen-bond acceptors (Lipinski definition) is 2. The molecule has 0 radical (unpaired) electrons. The molecule has 0 saturated heterocycles. The summed E-state index contributed by atoms with van der Waals surface area (Å²) in [5, 5.41) is 0. The van der Waals surface area contributed by atoms with Crippen molar-refractivity contribution in [3.05, 3.63) is 47.7 Å². The van der Waals surface area contributed by atoms with Gasteiger partial charge >= 0.3 is 0 Å². The molecule has 2 nitrogen and oxygen atoms in total. The van der Waals surface area contributed by atoms with E-state index in [1.165, 1.54) is 5.56 Å². The first kappa shape index (κ1) is 13.6. The van der Waals surface area contributed by atoms with Crippen LogP contribution in [0.4, 0.5) is 0 Å². The fourth-order valence-electron chi connectivity index (χ4n) is 1.98. The highest BCUT2D eigenvalue weighted by Crippen LogP contribution is 2.34. The highest BCUT2D eigenvalue weighted by molar-refractivity contribution is 5.69. The van der Waals surface area contributed by atoms with Crippen LogP contribution in [-0.4, -0.2) is 10.6 Å². The summed E-state index contributed by atoms with van der Waals surface area (Å²) in [7, 11) is 0. The summed E-state index contributed by atoms with van der Waals surface area (Å²) in [6, 6.07) is 10.3. The third kappa shape index (κ3) is 3.34. The van der Waals surface area contributed by atoms with Gasteiger partial charge in [0.05, 0.1) is 5.69 Å². The molecule has 0 unspecified atom stereocenters. The molecule has 0 amide bonds. The molecule has 0 aliphatic carbocycles. The molecular formula is C17H21NO. The number of hydrogen-bond donors (Lipinski definition) is 0. The van der Waals surface area contributed by atoms with Crippen molar-refractivity contribution in [2.45, 2.75) is 40.2 Å². The van der Waals surface area contributed by atoms with Crippen LogP contribution in [0, 0.1) is 13.8 Å². The molecule has 0 bridgehead atoms. The second-order valence-corrected chi connectivity index (χ2v) is 5.88. The fraction of sp³-hybridized carbons (Fsp3) is 0.353. The number of ether oxygens (including phenoxy) is 1. The van der Waals surface area contributed by atoms with Crippen LogP contribution in [-0.2, 0) is 0 Å². The van der Waals surface area contributed by atoms with Gasteiger partial charge in [-0.1, -0.05) is 12.1 Å². The number of aryl methyl sites for hydroxylation is 2. The van der Waals surface area contributed by atoms with E-state index in [1.807, 2.05) is 18.3 Å². The van der Waals surface area contributed by atoms with E-state index in [4.69, 9.17) is 4.74 Å². The lowest BCUT2D eigenvalue weighted by Gasteiger charge is -2.24. The fourth-order valence-corrected chi connectivity index (χ4v) is 1.98. The van der Waals surface area contributed by atoms with Crippen LogP contribution in [0.5, 0.6) is 5.75 Å². The molecule has 2 rings (SSSR count). The lowest BCUT2D eigenvalue weighted by molar-refractivity contribution is 0.130. The standard InChI is InChI=1S/C17H21NO/c1-12-9-10-18-15(11-12)14-8-6-7-13(2)16(14)19-17(3,4)5/h6-11H,1-5H3. The summed E-state index contributed by atoms with van der Waals surface area (Å²) in [5.74, 6) is 0.924. The van der Waals surface area contributed by atoms with Crippen molar-refractivity contribution in [1.29, 1.82) is 0 Å². The summed E-state index contributed by atoms with van der Waals surface area (Å²) in [5.41, 5.74) is 4.13. The lowest BCUT2D eigenvalue weighted by Crippen LogP contribution is -2.23. The number of nitrogens with zero attached hydrogens (tertiary/aromatic N) is 1. The Bertz CT molecular complexity index is 582. The second kappa shape index (κ2) is 5.04. The van der Waals surface area contributed by atoms with E-state index < -0.39 is 0 Å². The van der Waals surface area contributed by atoms with Crippen LogP contribution < -0.4 is 4.74 Å². The van der Waals surface area contributed by atoms with Crippen molar-refractivity contribution in [2.75, 3.05) is 0 Å². The van der Waals surface area contributed by atoms with Gasteiger partial charge in [-0.3, -0.25) is 4.98 Å². The van der Waals surface area contributed by atoms with E-state index >= 15 is 0 Å². The zero-order valence-electron chi connectivity index (χ0n) is 12.3. The average Bonchev–Trinajstić information content (AvgIpc) is 2.30. The van der Waals surface area contributed by atoms with Crippen LogP contribution in [0.3, 0.4) is 0 Å². The van der Waals surface area contributed by atoms with Gasteiger partial charge in [0.2, 0.25) is 0 Å². The van der Waals surface area contributed by atoms with E-state index in [9.17, 15) is 0 Å². The van der Waals surface area contributed by atoms with Gasteiger partial charge in [0.25, 0.3) is 0 Å². The highest BCUT2D eigenvalue weighted by atomic mass is 16.5. The molecule has 0 aliphatic heterocycles. The van der Waals surface area contributed by atoms with Gasteiger partial charge in [0.1, 0.15) is 11.4 Å². The molecule has 1 aromatic heterocycles. The lowest BCUT2D eigenvalue weighted by atomic mass is 10.0. The molecule has 1 aromatic carbocycles. The summed E-state index contributed by atoms with van der Waals surface area (Å²) >= 11 is 0. The molecule has 1 heterocycles. The Morgan fingerprint density at radius 2 is 1.79 bits per heavy atom. The molecule has 0 saturated carbocycles. The maximum absolute atomic E-state index is 6.12. The smallest absolute Gasteiger partial charge is 0.132 e. The third-order valence-corrected chi connectivity index (χ3v) is 2.81. The number of aromatic nitrogens is 1. The van der Waals surface area contributed by atoms with Gasteiger partial charge in [-0.25, -0.2) is 0 Å².